The van der Waals surface area contributed by atoms with Crippen molar-refractivity contribution in [1.29, 1.82) is 0 Å². The number of thiazole rings is 1. The van der Waals surface area contributed by atoms with Crippen LogP contribution >= 0.6 is 11.3 Å². The first kappa shape index (κ1) is 13.3. The molecule has 1 aromatic rings. The Morgan fingerprint density at radius 1 is 1.61 bits per heavy atom. The van der Waals surface area contributed by atoms with Gasteiger partial charge in [-0.25, -0.2) is 4.98 Å². The summed E-state index contributed by atoms with van der Waals surface area (Å²) in [5.74, 6) is -0.451. The lowest BCUT2D eigenvalue weighted by Crippen LogP contribution is -2.36. The lowest BCUT2D eigenvalue weighted by molar-refractivity contribution is -0.136. The van der Waals surface area contributed by atoms with E-state index in [0.29, 0.717) is 12.3 Å². The van der Waals surface area contributed by atoms with E-state index in [9.17, 15) is 9.90 Å². The van der Waals surface area contributed by atoms with Gasteiger partial charge >= 0.3 is 5.97 Å². The average Bonchev–Trinajstić information content (AvgIpc) is 2.85. The maximum atomic E-state index is 10.5. The maximum Gasteiger partial charge on any atom is 0.303 e. The number of aliphatic hydroxyl groups is 1. The Balaban J connectivity index is 1.94. The molecule has 1 saturated heterocycles. The minimum absolute atomic E-state index is 0.127. The van der Waals surface area contributed by atoms with Gasteiger partial charge in [0.2, 0.25) is 0 Å². The van der Waals surface area contributed by atoms with Gasteiger partial charge in [-0.15, -0.1) is 11.3 Å². The van der Waals surface area contributed by atoms with Gasteiger partial charge in [0.1, 0.15) is 0 Å². The predicted octanol–water partition coefficient (Wildman–Crippen LogP) is 1.37. The van der Waals surface area contributed by atoms with Gasteiger partial charge in [-0.2, -0.15) is 0 Å². The summed E-state index contributed by atoms with van der Waals surface area (Å²) in [5, 5.41) is 20.7. The zero-order valence-electron chi connectivity index (χ0n) is 10.2. The van der Waals surface area contributed by atoms with E-state index in [-0.39, 0.29) is 13.0 Å². The average molecular weight is 270 g/mol. The number of rotatable bonds is 5. The largest absolute Gasteiger partial charge is 0.481 e. The number of piperidine rings is 1. The Bertz CT molecular complexity index is 408. The van der Waals surface area contributed by atoms with E-state index in [1.807, 2.05) is 5.38 Å². The molecule has 1 aliphatic rings. The molecular formula is C12H18N2O3S. The summed E-state index contributed by atoms with van der Waals surface area (Å²) in [7, 11) is 0. The summed E-state index contributed by atoms with van der Waals surface area (Å²) >= 11 is 1.56. The van der Waals surface area contributed by atoms with Crippen LogP contribution in [0.15, 0.2) is 5.38 Å². The van der Waals surface area contributed by atoms with Crippen LogP contribution in [0, 0.1) is 5.92 Å². The quantitative estimate of drug-likeness (QED) is 0.845. The first-order chi connectivity index (χ1) is 8.69. The number of aromatic nitrogens is 1. The number of hydrogen-bond donors (Lipinski definition) is 2. The summed E-state index contributed by atoms with van der Waals surface area (Å²) in [4.78, 5) is 17.2. The monoisotopic (exact) mass is 270 g/mol. The zero-order chi connectivity index (χ0) is 13.0. The summed E-state index contributed by atoms with van der Waals surface area (Å²) in [6.07, 6.45) is 2.77. The minimum atomic E-state index is -0.789. The highest BCUT2D eigenvalue weighted by Crippen LogP contribution is 2.26. The van der Waals surface area contributed by atoms with Crippen LogP contribution in [0.2, 0.25) is 0 Å². The van der Waals surface area contributed by atoms with Gasteiger partial charge in [-0.3, -0.25) is 4.79 Å². The Morgan fingerprint density at radius 2 is 2.44 bits per heavy atom. The van der Waals surface area contributed by atoms with Crippen molar-refractivity contribution in [2.24, 2.45) is 5.92 Å². The van der Waals surface area contributed by atoms with Crippen molar-refractivity contribution in [3.05, 3.63) is 11.1 Å². The van der Waals surface area contributed by atoms with Crippen molar-refractivity contribution in [2.75, 3.05) is 24.6 Å². The first-order valence-corrected chi connectivity index (χ1v) is 7.09. The van der Waals surface area contributed by atoms with Crippen LogP contribution < -0.4 is 4.90 Å². The number of hydrogen-bond acceptors (Lipinski definition) is 5. The maximum absolute atomic E-state index is 10.5. The molecule has 1 aliphatic heterocycles. The van der Waals surface area contributed by atoms with E-state index in [1.165, 1.54) is 0 Å². The highest BCUT2D eigenvalue weighted by molar-refractivity contribution is 7.13. The third-order valence-electron chi connectivity index (χ3n) is 3.18. The standard InChI is InChI=1S/C12H18N2O3S/c15-7-9-2-1-5-14(6-9)12-13-10(8-18-12)3-4-11(16)17/h8-9,15H,1-7H2,(H,16,17). The second-order valence-corrected chi connectivity index (χ2v) is 5.49. The number of carboxylic acids is 1. The van der Waals surface area contributed by atoms with Gasteiger partial charge in [-0.1, -0.05) is 0 Å². The third-order valence-corrected chi connectivity index (χ3v) is 4.13. The van der Waals surface area contributed by atoms with Gasteiger partial charge in [-0.05, 0) is 18.8 Å². The Kier molecular flexibility index (Phi) is 4.54. The van der Waals surface area contributed by atoms with Crippen molar-refractivity contribution in [1.82, 2.24) is 4.98 Å². The molecule has 0 aliphatic carbocycles. The van der Waals surface area contributed by atoms with Crippen molar-refractivity contribution in [2.45, 2.75) is 25.7 Å². The number of aliphatic hydroxyl groups excluding tert-OH is 1. The first-order valence-electron chi connectivity index (χ1n) is 6.21. The summed E-state index contributed by atoms with van der Waals surface area (Å²) in [5.41, 5.74) is 0.850. The molecule has 2 heterocycles. The summed E-state index contributed by atoms with van der Waals surface area (Å²) in [6, 6.07) is 0. The van der Waals surface area contributed by atoms with Crippen molar-refractivity contribution >= 4 is 22.4 Å². The van der Waals surface area contributed by atoms with Crippen LogP contribution in [0.25, 0.3) is 0 Å². The van der Waals surface area contributed by atoms with Gasteiger partial charge in [0, 0.05) is 31.5 Å². The van der Waals surface area contributed by atoms with Crippen LogP contribution in [-0.4, -0.2) is 40.9 Å². The van der Waals surface area contributed by atoms with Crippen molar-refractivity contribution in [3.63, 3.8) is 0 Å². The van der Waals surface area contributed by atoms with E-state index in [4.69, 9.17) is 5.11 Å². The topological polar surface area (TPSA) is 73.7 Å². The molecule has 6 heteroatoms. The molecule has 1 atom stereocenters. The molecule has 5 nitrogen and oxygen atoms in total. The van der Waals surface area contributed by atoms with E-state index < -0.39 is 5.97 Å². The van der Waals surface area contributed by atoms with E-state index in [1.54, 1.807) is 11.3 Å². The fraction of sp³-hybridized carbons (Fsp3) is 0.667. The number of carbonyl (C=O) groups is 1. The highest BCUT2D eigenvalue weighted by Gasteiger charge is 2.21. The van der Waals surface area contributed by atoms with Crippen molar-refractivity contribution < 1.29 is 15.0 Å². The molecule has 0 bridgehead atoms. The Morgan fingerprint density at radius 3 is 3.17 bits per heavy atom. The highest BCUT2D eigenvalue weighted by atomic mass is 32.1. The number of nitrogens with zero attached hydrogens (tertiary/aromatic N) is 2. The van der Waals surface area contributed by atoms with Crippen molar-refractivity contribution in [3.8, 4) is 0 Å². The van der Waals surface area contributed by atoms with Gasteiger partial charge < -0.3 is 15.1 Å². The summed E-state index contributed by atoms with van der Waals surface area (Å²) < 4.78 is 0. The molecule has 100 valence electrons. The normalized spacial score (nSPS) is 20.1. The number of anilines is 1. The number of aryl methyl sites for hydroxylation is 1. The van der Waals surface area contributed by atoms with Gasteiger partial charge in [0.25, 0.3) is 0 Å². The molecule has 1 aromatic heterocycles. The van der Waals surface area contributed by atoms with E-state index in [0.717, 1.165) is 36.8 Å². The van der Waals surface area contributed by atoms with Gasteiger partial charge in [0.15, 0.2) is 5.13 Å². The molecule has 2 rings (SSSR count). The molecular weight excluding hydrogens is 252 g/mol. The third kappa shape index (κ3) is 3.43. The molecule has 2 N–H and O–H groups in total. The molecule has 0 radical (unpaired) electrons. The minimum Gasteiger partial charge on any atom is -0.481 e. The van der Waals surface area contributed by atoms with Crippen LogP contribution in [0.5, 0.6) is 0 Å². The molecule has 1 unspecified atom stereocenters. The fourth-order valence-corrected chi connectivity index (χ4v) is 3.08. The second-order valence-electron chi connectivity index (χ2n) is 4.65. The fourth-order valence-electron chi connectivity index (χ4n) is 2.18. The molecule has 0 saturated carbocycles. The van der Waals surface area contributed by atoms with Crippen LogP contribution in [0.4, 0.5) is 5.13 Å². The Hall–Kier alpha value is -1.14. The Labute approximate surface area is 110 Å². The van der Waals surface area contributed by atoms with E-state index >= 15 is 0 Å². The van der Waals surface area contributed by atoms with Crippen LogP contribution in [0.3, 0.4) is 0 Å². The number of carboxylic acid groups (broad SMARTS) is 1. The zero-order valence-corrected chi connectivity index (χ0v) is 11.0. The van der Waals surface area contributed by atoms with Crippen LogP contribution in [0.1, 0.15) is 25.0 Å². The molecule has 0 spiro atoms. The predicted molar refractivity (Wildman–Crippen MR) is 70.1 cm³/mol. The summed E-state index contributed by atoms with van der Waals surface area (Å²) in [6.45, 7) is 2.05. The van der Waals surface area contributed by atoms with E-state index in [2.05, 4.69) is 9.88 Å². The van der Waals surface area contributed by atoms with Crippen LogP contribution in [-0.2, 0) is 11.2 Å². The molecule has 1 fully saturated rings. The molecule has 0 amide bonds. The lowest BCUT2D eigenvalue weighted by Gasteiger charge is -2.31. The molecule has 0 aromatic carbocycles. The number of aliphatic carboxylic acids is 1. The second kappa shape index (κ2) is 6.15. The smallest absolute Gasteiger partial charge is 0.303 e. The van der Waals surface area contributed by atoms with Gasteiger partial charge in [0.05, 0.1) is 12.1 Å². The SMILES string of the molecule is O=C(O)CCc1csc(N2CCCC(CO)C2)n1. The lowest BCUT2D eigenvalue weighted by atomic mass is 10.00. The molecule has 18 heavy (non-hydrogen) atoms.